The van der Waals surface area contributed by atoms with Crippen LogP contribution in [0.3, 0.4) is 0 Å². The van der Waals surface area contributed by atoms with Gasteiger partial charge in [0.1, 0.15) is 0 Å². The molecule has 0 unspecified atom stereocenters. The number of rotatable bonds is 9. The highest BCUT2D eigenvalue weighted by atomic mass is 16.5. The molecule has 1 N–H and O–H groups in total. The molecule has 1 rings (SSSR count). The minimum atomic E-state index is 0.487. The highest BCUT2D eigenvalue weighted by Crippen LogP contribution is 2.35. The summed E-state index contributed by atoms with van der Waals surface area (Å²) in [6, 6.07) is 0. The molecule has 0 aromatic carbocycles. The van der Waals surface area contributed by atoms with Crippen LogP contribution in [0.2, 0.25) is 0 Å². The monoisotopic (exact) mass is 243 g/mol. The molecule has 1 heterocycles. The van der Waals surface area contributed by atoms with Crippen molar-refractivity contribution in [2.24, 2.45) is 5.41 Å². The molecule has 0 radical (unpaired) electrons. The SMILES string of the molecule is CCCNCC1(CCCCOC)CCOCC1. The van der Waals surface area contributed by atoms with Crippen LogP contribution in [0.1, 0.15) is 45.4 Å². The van der Waals surface area contributed by atoms with E-state index in [9.17, 15) is 0 Å². The maximum absolute atomic E-state index is 5.51. The molecule has 0 aromatic heterocycles. The normalized spacial score (nSPS) is 19.4. The van der Waals surface area contributed by atoms with E-state index in [1.165, 1.54) is 38.5 Å². The summed E-state index contributed by atoms with van der Waals surface area (Å²) in [5.41, 5.74) is 0.487. The Morgan fingerprint density at radius 3 is 2.65 bits per heavy atom. The van der Waals surface area contributed by atoms with Gasteiger partial charge in [-0.15, -0.1) is 0 Å². The third-order valence-electron chi connectivity index (χ3n) is 3.79. The first kappa shape index (κ1) is 14.9. The van der Waals surface area contributed by atoms with Crippen molar-refractivity contribution < 1.29 is 9.47 Å². The third kappa shape index (κ3) is 5.84. The Bertz CT molecular complexity index is 179. The summed E-state index contributed by atoms with van der Waals surface area (Å²) < 4.78 is 10.6. The minimum Gasteiger partial charge on any atom is -0.385 e. The van der Waals surface area contributed by atoms with Crippen LogP contribution in [-0.2, 0) is 9.47 Å². The predicted molar refractivity (Wildman–Crippen MR) is 71.4 cm³/mol. The lowest BCUT2D eigenvalue weighted by Gasteiger charge is -2.37. The van der Waals surface area contributed by atoms with E-state index in [1.54, 1.807) is 7.11 Å². The maximum atomic E-state index is 5.51. The lowest BCUT2D eigenvalue weighted by atomic mass is 9.76. The standard InChI is InChI=1S/C14H29NO2/c1-3-9-15-13-14(6-4-5-10-16-2)7-11-17-12-8-14/h15H,3-13H2,1-2H3. The quantitative estimate of drug-likeness (QED) is 0.631. The topological polar surface area (TPSA) is 30.5 Å². The smallest absolute Gasteiger partial charge is 0.0471 e. The molecular formula is C14H29NO2. The first-order valence-corrected chi connectivity index (χ1v) is 7.10. The zero-order chi connectivity index (χ0) is 12.4. The molecule has 0 aromatic rings. The van der Waals surface area contributed by atoms with Gasteiger partial charge in [-0.25, -0.2) is 0 Å². The van der Waals surface area contributed by atoms with Crippen LogP contribution in [0.25, 0.3) is 0 Å². The van der Waals surface area contributed by atoms with Crippen molar-refractivity contribution in [3.05, 3.63) is 0 Å². The molecule has 1 saturated heterocycles. The summed E-state index contributed by atoms with van der Waals surface area (Å²) in [6.45, 7) is 7.31. The molecule has 0 bridgehead atoms. The van der Waals surface area contributed by atoms with Gasteiger partial charge in [-0.3, -0.25) is 0 Å². The number of methoxy groups -OCH3 is 1. The molecule has 1 aliphatic heterocycles. The molecule has 0 amide bonds. The van der Waals surface area contributed by atoms with Crippen LogP contribution in [0.4, 0.5) is 0 Å². The van der Waals surface area contributed by atoms with E-state index in [4.69, 9.17) is 9.47 Å². The Labute approximate surface area is 106 Å². The van der Waals surface area contributed by atoms with Gasteiger partial charge in [0, 0.05) is 33.5 Å². The second-order valence-corrected chi connectivity index (χ2v) is 5.24. The summed E-state index contributed by atoms with van der Waals surface area (Å²) in [5, 5.41) is 3.60. The first-order chi connectivity index (χ1) is 8.33. The maximum Gasteiger partial charge on any atom is 0.0471 e. The van der Waals surface area contributed by atoms with Gasteiger partial charge in [0.15, 0.2) is 0 Å². The number of hydrogen-bond acceptors (Lipinski definition) is 3. The lowest BCUT2D eigenvalue weighted by molar-refractivity contribution is 0.00852. The van der Waals surface area contributed by atoms with Gasteiger partial charge in [0.2, 0.25) is 0 Å². The van der Waals surface area contributed by atoms with Crippen LogP contribution in [0.5, 0.6) is 0 Å². The van der Waals surface area contributed by atoms with Crippen molar-refractivity contribution in [2.75, 3.05) is 40.0 Å². The molecule has 102 valence electrons. The Morgan fingerprint density at radius 2 is 2.00 bits per heavy atom. The fourth-order valence-corrected chi connectivity index (χ4v) is 2.60. The average molecular weight is 243 g/mol. The third-order valence-corrected chi connectivity index (χ3v) is 3.79. The summed E-state index contributed by atoms with van der Waals surface area (Å²) in [6.07, 6.45) is 7.44. The highest BCUT2D eigenvalue weighted by molar-refractivity contribution is 4.84. The van der Waals surface area contributed by atoms with Crippen molar-refractivity contribution in [2.45, 2.75) is 45.4 Å². The molecule has 17 heavy (non-hydrogen) atoms. The van der Waals surface area contributed by atoms with E-state index in [0.29, 0.717) is 5.41 Å². The fraction of sp³-hybridized carbons (Fsp3) is 1.00. The van der Waals surface area contributed by atoms with Crippen LogP contribution in [-0.4, -0.2) is 40.0 Å². The highest BCUT2D eigenvalue weighted by Gasteiger charge is 2.31. The molecule has 1 fully saturated rings. The number of unbranched alkanes of at least 4 members (excludes halogenated alkanes) is 1. The predicted octanol–water partition coefficient (Wildman–Crippen LogP) is 2.60. The van der Waals surface area contributed by atoms with Crippen molar-refractivity contribution in [3.63, 3.8) is 0 Å². The van der Waals surface area contributed by atoms with Gasteiger partial charge in [0.05, 0.1) is 0 Å². The van der Waals surface area contributed by atoms with Crippen molar-refractivity contribution in [1.82, 2.24) is 5.32 Å². The molecule has 1 aliphatic rings. The average Bonchev–Trinajstić information content (AvgIpc) is 2.36. The molecule has 0 atom stereocenters. The second kappa shape index (κ2) is 8.90. The Morgan fingerprint density at radius 1 is 1.24 bits per heavy atom. The molecule has 3 nitrogen and oxygen atoms in total. The van der Waals surface area contributed by atoms with E-state index in [2.05, 4.69) is 12.2 Å². The molecule has 0 aliphatic carbocycles. The van der Waals surface area contributed by atoms with E-state index in [-0.39, 0.29) is 0 Å². The summed E-state index contributed by atoms with van der Waals surface area (Å²) in [5.74, 6) is 0. The van der Waals surface area contributed by atoms with E-state index >= 15 is 0 Å². The largest absolute Gasteiger partial charge is 0.385 e. The van der Waals surface area contributed by atoms with Crippen LogP contribution < -0.4 is 5.32 Å². The second-order valence-electron chi connectivity index (χ2n) is 5.24. The number of ether oxygens (including phenoxy) is 2. The minimum absolute atomic E-state index is 0.487. The van der Waals surface area contributed by atoms with Crippen LogP contribution in [0, 0.1) is 5.41 Å². The Hall–Kier alpha value is -0.120. The number of hydrogen-bond donors (Lipinski definition) is 1. The van der Waals surface area contributed by atoms with Gasteiger partial charge in [-0.05, 0) is 44.1 Å². The molecule has 3 heteroatoms. The lowest BCUT2D eigenvalue weighted by Crippen LogP contribution is -2.39. The van der Waals surface area contributed by atoms with Crippen molar-refractivity contribution in [3.8, 4) is 0 Å². The van der Waals surface area contributed by atoms with E-state index < -0.39 is 0 Å². The molecule has 0 spiro atoms. The van der Waals surface area contributed by atoms with Gasteiger partial charge in [-0.1, -0.05) is 13.3 Å². The molecule has 0 saturated carbocycles. The van der Waals surface area contributed by atoms with Crippen molar-refractivity contribution in [1.29, 1.82) is 0 Å². The van der Waals surface area contributed by atoms with Gasteiger partial charge >= 0.3 is 0 Å². The summed E-state index contributed by atoms with van der Waals surface area (Å²) in [7, 11) is 1.78. The first-order valence-electron chi connectivity index (χ1n) is 7.10. The van der Waals surface area contributed by atoms with Crippen LogP contribution >= 0.6 is 0 Å². The number of nitrogens with one attached hydrogen (secondary N) is 1. The zero-order valence-corrected chi connectivity index (χ0v) is 11.6. The van der Waals surface area contributed by atoms with Gasteiger partial charge < -0.3 is 14.8 Å². The fourth-order valence-electron chi connectivity index (χ4n) is 2.60. The summed E-state index contributed by atoms with van der Waals surface area (Å²) in [4.78, 5) is 0. The molecular weight excluding hydrogens is 214 g/mol. The van der Waals surface area contributed by atoms with E-state index in [1.807, 2.05) is 0 Å². The summed E-state index contributed by atoms with van der Waals surface area (Å²) >= 11 is 0. The van der Waals surface area contributed by atoms with Gasteiger partial charge in [-0.2, -0.15) is 0 Å². The van der Waals surface area contributed by atoms with Crippen LogP contribution in [0.15, 0.2) is 0 Å². The Kier molecular flexibility index (Phi) is 7.82. The Balaban J connectivity index is 2.29. The van der Waals surface area contributed by atoms with Crippen molar-refractivity contribution >= 4 is 0 Å². The van der Waals surface area contributed by atoms with Gasteiger partial charge in [0.25, 0.3) is 0 Å². The van der Waals surface area contributed by atoms with E-state index in [0.717, 1.165) is 32.9 Å². The zero-order valence-electron chi connectivity index (χ0n) is 11.6.